The lowest BCUT2D eigenvalue weighted by molar-refractivity contribution is -0.144. The van der Waals surface area contributed by atoms with Gasteiger partial charge in [-0.15, -0.1) is 0 Å². The van der Waals surface area contributed by atoms with Gasteiger partial charge in [0.1, 0.15) is 11.9 Å². The third kappa shape index (κ3) is 3.28. The fourth-order valence-corrected chi connectivity index (χ4v) is 3.42. The van der Waals surface area contributed by atoms with E-state index >= 15 is 0 Å². The summed E-state index contributed by atoms with van der Waals surface area (Å²) in [5.41, 5.74) is 1.18. The summed E-state index contributed by atoms with van der Waals surface area (Å²) in [6.45, 7) is 1.66. The van der Waals surface area contributed by atoms with Crippen molar-refractivity contribution in [2.24, 2.45) is 0 Å². The molecular weight excluding hydrogens is 297 g/mol. The lowest BCUT2D eigenvalue weighted by Crippen LogP contribution is -2.35. The van der Waals surface area contributed by atoms with Crippen LogP contribution in [-0.2, 0) is 14.3 Å². The van der Waals surface area contributed by atoms with Crippen LogP contribution in [0.15, 0.2) is 35.5 Å². The quantitative estimate of drug-likeness (QED) is 0.871. The molecule has 1 N–H and O–H groups in total. The lowest BCUT2D eigenvalue weighted by atomic mass is 9.84. The normalized spacial score (nSPS) is 22.2. The molecule has 4 nitrogen and oxygen atoms in total. The molecule has 1 amide bonds. The Balaban J connectivity index is 1.92. The Kier molecular flexibility index (Phi) is 4.46. The van der Waals surface area contributed by atoms with Gasteiger partial charge in [-0.25, -0.2) is 9.18 Å². The van der Waals surface area contributed by atoms with Crippen molar-refractivity contribution in [2.75, 3.05) is 0 Å². The van der Waals surface area contributed by atoms with Crippen molar-refractivity contribution in [1.29, 1.82) is 0 Å². The highest BCUT2D eigenvalue weighted by Crippen LogP contribution is 2.35. The highest BCUT2D eigenvalue weighted by Gasteiger charge is 2.35. The molecular formula is C18H20FNO3. The number of halogens is 1. The second-order valence-corrected chi connectivity index (χ2v) is 6.18. The zero-order valence-electron chi connectivity index (χ0n) is 13.1. The third-order valence-corrected chi connectivity index (χ3v) is 4.55. The van der Waals surface area contributed by atoms with Crippen molar-refractivity contribution in [2.45, 2.75) is 51.0 Å². The Morgan fingerprint density at radius 2 is 1.96 bits per heavy atom. The molecule has 1 aromatic carbocycles. The zero-order chi connectivity index (χ0) is 16.4. The minimum absolute atomic E-state index is 0.0490. The van der Waals surface area contributed by atoms with Crippen LogP contribution in [0.1, 0.15) is 50.5 Å². The van der Waals surface area contributed by atoms with E-state index in [1.54, 1.807) is 25.1 Å². The van der Waals surface area contributed by atoms with Crippen molar-refractivity contribution in [3.8, 4) is 0 Å². The Bertz CT molecular complexity index is 662. The van der Waals surface area contributed by atoms with E-state index in [2.05, 4.69) is 5.32 Å². The molecule has 1 saturated carbocycles. The summed E-state index contributed by atoms with van der Waals surface area (Å²) in [6, 6.07) is 6.26. The molecule has 0 bridgehead atoms. The van der Waals surface area contributed by atoms with E-state index in [4.69, 9.17) is 4.74 Å². The highest BCUT2D eigenvalue weighted by atomic mass is 19.1. The highest BCUT2D eigenvalue weighted by molar-refractivity contribution is 5.95. The van der Waals surface area contributed by atoms with Crippen molar-refractivity contribution in [1.82, 2.24) is 5.32 Å². The van der Waals surface area contributed by atoms with Gasteiger partial charge < -0.3 is 10.1 Å². The minimum atomic E-state index is -0.598. The van der Waals surface area contributed by atoms with Crippen molar-refractivity contribution in [3.05, 3.63) is 46.9 Å². The average molecular weight is 317 g/mol. The summed E-state index contributed by atoms with van der Waals surface area (Å²) in [5, 5.41) is 2.67. The van der Waals surface area contributed by atoms with Crippen molar-refractivity contribution < 1.29 is 18.7 Å². The zero-order valence-corrected chi connectivity index (χ0v) is 13.1. The average Bonchev–Trinajstić information content (AvgIpc) is 2.99. The van der Waals surface area contributed by atoms with E-state index in [0.717, 1.165) is 25.7 Å². The summed E-state index contributed by atoms with van der Waals surface area (Å²) in [4.78, 5) is 24.5. The maximum absolute atomic E-state index is 14.2. The molecule has 0 spiro atoms. The van der Waals surface area contributed by atoms with Gasteiger partial charge in [-0.05, 0) is 44.2 Å². The Hall–Kier alpha value is -2.17. The first-order valence-electron chi connectivity index (χ1n) is 8.02. The van der Waals surface area contributed by atoms with Gasteiger partial charge in [0.05, 0.1) is 5.57 Å². The molecule has 5 heteroatoms. The number of rotatable bonds is 3. The van der Waals surface area contributed by atoms with Crippen LogP contribution in [0, 0.1) is 5.82 Å². The monoisotopic (exact) mass is 317 g/mol. The van der Waals surface area contributed by atoms with E-state index in [1.807, 2.05) is 0 Å². The third-order valence-electron chi connectivity index (χ3n) is 4.55. The van der Waals surface area contributed by atoms with Crippen LogP contribution < -0.4 is 5.32 Å². The Morgan fingerprint density at radius 3 is 2.65 bits per heavy atom. The predicted octanol–water partition coefficient (Wildman–Crippen LogP) is 3.19. The summed E-state index contributed by atoms with van der Waals surface area (Å²) < 4.78 is 19.7. The van der Waals surface area contributed by atoms with Crippen LogP contribution in [0.4, 0.5) is 4.39 Å². The van der Waals surface area contributed by atoms with Gasteiger partial charge in [0, 0.05) is 18.0 Å². The molecule has 0 aromatic heterocycles. The maximum Gasteiger partial charge on any atom is 0.336 e. The number of carbonyl (C=O) groups excluding carboxylic acids is 2. The number of allylic oxidation sites excluding steroid dienone is 1. The molecule has 1 heterocycles. The second kappa shape index (κ2) is 6.52. The van der Waals surface area contributed by atoms with Crippen LogP contribution in [0.3, 0.4) is 0 Å². The van der Waals surface area contributed by atoms with Crippen LogP contribution in [0.25, 0.3) is 0 Å². The predicted molar refractivity (Wildman–Crippen MR) is 82.9 cm³/mol. The van der Waals surface area contributed by atoms with Gasteiger partial charge in [-0.2, -0.15) is 0 Å². The van der Waals surface area contributed by atoms with E-state index in [-0.39, 0.29) is 18.4 Å². The van der Waals surface area contributed by atoms with Crippen molar-refractivity contribution >= 4 is 11.9 Å². The molecule has 1 aliphatic heterocycles. The molecule has 2 aliphatic rings. The van der Waals surface area contributed by atoms with Gasteiger partial charge in [0.15, 0.2) is 0 Å². The van der Waals surface area contributed by atoms with E-state index in [0.29, 0.717) is 16.8 Å². The van der Waals surface area contributed by atoms with Crippen molar-refractivity contribution in [3.63, 3.8) is 0 Å². The Morgan fingerprint density at radius 1 is 1.26 bits per heavy atom. The maximum atomic E-state index is 14.2. The number of carbonyl (C=O) groups is 2. The molecule has 0 saturated heterocycles. The summed E-state index contributed by atoms with van der Waals surface area (Å²) in [7, 11) is 0. The standard InChI is InChI=1S/C18H20FNO3/c1-11-17(18(22)23-12-6-2-3-7-12)14(10-16(21)20-11)13-8-4-5-9-15(13)19/h4-5,8-9,12,14H,2-3,6-7,10H2,1H3,(H,20,21). The number of amides is 1. The number of nitrogens with one attached hydrogen (secondary N) is 1. The molecule has 1 aliphatic carbocycles. The molecule has 3 rings (SSSR count). The van der Waals surface area contributed by atoms with E-state index in [1.165, 1.54) is 6.07 Å². The summed E-state index contributed by atoms with van der Waals surface area (Å²) >= 11 is 0. The molecule has 1 atom stereocenters. The largest absolute Gasteiger partial charge is 0.459 e. The molecule has 1 unspecified atom stereocenters. The second-order valence-electron chi connectivity index (χ2n) is 6.18. The number of ether oxygens (including phenoxy) is 1. The number of hydrogen-bond donors (Lipinski definition) is 1. The fourth-order valence-electron chi connectivity index (χ4n) is 3.42. The van der Waals surface area contributed by atoms with Crippen LogP contribution in [0.2, 0.25) is 0 Å². The van der Waals surface area contributed by atoms with Crippen LogP contribution in [-0.4, -0.2) is 18.0 Å². The first kappa shape index (κ1) is 15.7. The van der Waals surface area contributed by atoms with E-state index in [9.17, 15) is 14.0 Å². The summed E-state index contributed by atoms with van der Waals surface area (Å²) in [5.74, 6) is -1.67. The fraction of sp³-hybridized carbons (Fsp3) is 0.444. The first-order valence-corrected chi connectivity index (χ1v) is 8.02. The molecule has 1 fully saturated rings. The lowest BCUT2D eigenvalue weighted by Gasteiger charge is -2.27. The van der Waals surface area contributed by atoms with Crippen LogP contribution >= 0.6 is 0 Å². The molecule has 122 valence electrons. The Labute approximate surface area is 134 Å². The van der Waals surface area contributed by atoms with Gasteiger partial charge in [-0.3, -0.25) is 4.79 Å². The molecule has 1 aromatic rings. The summed E-state index contributed by atoms with van der Waals surface area (Å²) in [6.07, 6.45) is 3.84. The van der Waals surface area contributed by atoms with Gasteiger partial charge in [0.25, 0.3) is 0 Å². The smallest absolute Gasteiger partial charge is 0.336 e. The van der Waals surface area contributed by atoms with Gasteiger partial charge in [0.2, 0.25) is 5.91 Å². The molecule has 23 heavy (non-hydrogen) atoms. The van der Waals surface area contributed by atoms with Gasteiger partial charge >= 0.3 is 5.97 Å². The molecule has 0 radical (unpaired) electrons. The SMILES string of the molecule is CC1=C(C(=O)OC2CCCC2)C(c2ccccc2F)CC(=O)N1. The number of esters is 1. The number of benzene rings is 1. The minimum Gasteiger partial charge on any atom is -0.459 e. The first-order chi connectivity index (χ1) is 11.1. The van der Waals surface area contributed by atoms with Crippen LogP contribution in [0.5, 0.6) is 0 Å². The van der Waals surface area contributed by atoms with Gasteiger partial charge in [-0.1, -0.05) is 18.2 Å². The number of hydrogen-bond acceptors (Lipinski definition) is 3. The van der Waals surface area contributed by atoms with E-state index < -0.39 is 17.7 Å². The topological polar surface area (TPSA) is 55.4 Å².